The highest BCUT2D eigenvalue weighted by atomic mass is 16.8. The molecule has 4 fully saturated rings. The molecule has 27 nitrogen and oxygen atoms in total. The first-order valence-corrected chi connectivity index (χ1v) is 25.1. The van der Waals surface area contributed by atoms with Crippen molar-refractivity contribution in [3.05, 3.63) is 11.9 Å². The van der Waals surface area contributed by atoms with Gasteiger partial charge in [0.05, 0.1) is 45.8 Å². The summed E-state index contributed by atoms with van der Waals surface area (Å²) in [4.78, 5) is 25.1. The van der Waals surface area contributed by atoms with Crippen LogP contribution in [0, 0.1) is 0 Å². The molecule has 0 saturated carbocycles. The van der Waals surface area contributed by atoms with Crippen molar-refractivity contribution in [2.45, 2.75) is 220 Å². The summed E-state index contributed by atoms with van der Waals surface area (Å²) in [6.07, 6.45) is -17.6. The van der Waals surface area contributed by atoms with E-state index in [4.69, 9.17) is 37.9 Å². The van der Waals surface area contributed by atoms with Crippen molar-refractivity contribution in [1.82, 2.24) is 25.6 Å². The topological polar surface area (TPSA) is 406 Å². The molecular formula is C45H79N5O22. The summed E-state index contributed by atoms with van der Waals surface area (Å²) >= 11 is 0. The number of aromatic nitrogens is 3. The van der Waals surface area contributed by atoms with E-state index < -0.39 is 155 Å². The predicted molar refractivity (Wildman–Crippen MR) is 243 cm³/mol. The Kier molecular flexibility index (Phi) is 25.2. The molecule has 0 radical (unpaired) electrons. The average Bonchev–Trinajstić information content (AvgIpc) is 3.85. The lowest BCUT2D eigenvalue weighted by molar-refractivity contribution is -0.381. The Morgan fingerprint density at radius 3 is 1.62 bits per heavy atom. The largest absolute Gasteiger partial charge is 0.394 e. The first-order valence-electron chi connectivity index (χ1n) is 25.1. The highest BCUT2D eigenvalue weighted by Crippen LogP contribution is 2.35. The zero-order valence-electron chi connectivity index (χ0n) is 40.9. The van der Waals surface area contributed by atoms with Crippen LogP contribution in [0.2, 0.25) is 0 Å². The molecule has 5 heterocycles. The van der Waals surface area contributed by atoms with Crippen molar-refractivity contribution in [3.8, 4) is 0 Å². The van der Waals surface area contributed by atoms with Gasteiger partial charge < -0.3 is 110 Å². The first kappa shape index (κ1) is 60.1. The van der Waals surface area contributed by atoms with Gasteiger partial charge in [0.1, 0.15) is 97.6 Å². The minimum Gasteiger partial charge on any atom is -0.394 e. The van der Waals surface area contributed by atoms with Crippen LogP contribution in [0.25, 0.3) is 0 Å². The van der Waals surface area contributed by atoms with Crippen LogP contribution >= 0.6 is 0 Å². The molecule has 72 heavy (non-hydrogen) atoms. The number of aliphatic hydroxyl groups is 12. The van der Waals surface area contributed by atoms with Crippen LogP contribution in [0.1, 0.15) is 101 Å². The molecular weight excluding hydrogens is 963 g/mol. The molecule has 4 aliphatic heterocycles. The maximum atomic E-state index is 12.7. The second-order valence-corrected chi connectivity index (χ2v) is 18.7. The van der Waals surface area contributed by atoms with E-state index in [0.717, 1.165) is 26.2 Å². The van der Waals surface area contributed by atoms with Crippen molar-refractivity contribution in [3.63, 3.8) is 0 Å². The third kappa shape index (κ3) is 16.2. The third-order valence-corrected chi connectivity index (χ3v) is 13.3. The summed E-state index contributed by atoms with van der Waals surface area (Å²) in [5.41, 5.74) is 0.0912. The van der Waals surface area contributed by atoms with Gasteiger partial charge in [0.15, 0.2) is 30.9 Å². The van der Waals surface area contributed by atoms with Gasteiger partial charge in [0, 0.05) is 13.5 Å². The maximum absolute atomic E-state index is 12.7. The molecule has 14 N–H and O–H groups in total. The first-order chi connectivity index (χ1) is 34.6. The molecule has 2 amide bonds. The smallest absolute Gasteiger partial charge is 0.273 e. The van der Waals surface area contributed by atoms with Crippen molar-refractivity contribution in [2.75, 3.05) is 39.6 Å². The highest BCUT2D eigenvalue weighted by Gasteiger charge is 2.56. The third-order valence-electron chi connectivity index (χ3n) is 13.3. The number of hydrogen-bond acceptors (Lipinski definition) is 24. The van der Waals surface area contributed by atoms with E-state index in [1.54, 1.807) is 0 Å². The van der Waals surface area contributed by atoms with E-state index in [1.807, 2.05) is 0 Å². The van der Waals surface area contributed by atoms with Crippen LogP contribution in [-0.4, -0.2) is 250 Å². The molecule has 4 aliphatic rings. The quantitative estimate of drug-likeness (QED) is 0.0335. The van der Waals surface area contributed by atoms with Gasteiger partial charge in [-0.1, -0.05) is 82.8 Å². The standard InChI is InChI=1S/C45H79N5O22/c1-3-4-5-6-7-8-9-10-11-12-13-14-15-46-41(64)24-18-50(49-48-24)16-17-65-43-36(62)34(60)39(28(22-54)69-43)71-45-37(63)40(31(57)26(20-52)67-45)72-42-29(47-23(2)55)32(58)38(27(21-53)68-42)70-44-35(61)33(59)30(56)25(19-51)66-44/h18,25-40,42-45,51-54,56-63H,3-17,19-22H2,1-2H3,(H,46,64)(H,47,55)/t25-,26-,27-,28-,29-,30+,31+,32-,33+,34-,35-,36-,37-,38-,39-,40+,42+,43-,44+,45+/m1/s1. The Balaban J connectivity index is 1.12. The molecule has 20 atom stereocenters. The second-order valence-electron chi connectivity index (χ2n) is 18.7. The number of nitrogens with one attached hydrogen (secondary N) is 2. The normalized spacial score (nSPS) is 37.4. The van der Waals surface area contributed by atoms with Gasteiger partial charge in [0.25, 0.3) is 5.91 Å². The molecule has 27 heteroatoms. The lowest BCUT2D eigenvalue weighted by Crippen LogP contribution is -2.69. The molecule has 0 bridgehead atoms. The molecule has 416 valence electrons. The minimum atomic E-state index is -2.06. The summed E-state index contributed by atoms with van der Waals surface area (Å²) in [7, 11) is 0. The minimum absolute atomic E-state index is 0.0370. The number of ether oxygens (including phenoxy) is 8. The Morgan fingerprint density at radius 2 is 1.06 bits per heavy atom. The predicted octanol–water partition coefficient (Wildman–Crippen LogP) is -4.86. The monoisotopic (exact) mass is 1040 g/mol. The molecule has 1 aromatic rings. The fourth-order valence-corrected chi connectivity index (χ4v) is 9.10. The Bertz CT molecular complexity index is 1720. The molecule has 4 saturated heterocycles. The summed E-state index contributed by atoms with van der Waals surface area (Å²) in [5.74, 6) is -1.15. The lowest BCUT2D eigenvalue weighted by Gasteiger charge is -2.50. The van der Waals surface area contributed by atoms with Crippen molar-refractivity contribution in [1.29, 1.82) is 0 Å². The van der Waals surface area contributed by atoms with E-state index in [9.17, 15) is 70.9 Å². The van der Waals surface area contributed by atoms with E-state index in [-0.39, 0.29) is 24.8 Å². The number of nitrogens with zero attached hydrogens (tertiary/aromatic N) is 3. The van der Waals surface area contributed by atoms with Gasteiger partial charge in [0.2, 0.25) is 5.91 Å². The summed E-state index contributed by atoms with van der Waals surface area (Å²) < 4.78 is 47.1. The fourth-order valence-electron chi connectivity index (χ4n) is 9.10. The molecule has 0 aliphatic carbocycles. The number of carbonyl (C=O) groups is 2. The van der Waals surface area contributed by atoms with Crippen molar-refractivity contribution >= 4 is 11.8 Å². The number of amides is 2. The van der Waals surface area contributed by atoms with E-state index >= 15 is 0 Å². The zero-order chi connectivity index (χ0) is 52.5. The second kappa shape index (κ2) is 30.1. The van der Waals surface area contributed by atoms with Crippen LogP contribution in [0.15, 0.2) is 6.20 Å². The Morgan fingerprint density at radius 1 is 0.569 bits per heavy atom. The molecule has 5 rings (SSSR count). The van der Waals surface area contributed by atoms with Gasteiger partial charge in [-0.05, 0) is 6.42 Å². The summed E-state index contributed by atoms with van der Waals surface area (Å²) in [6.45, 7) is 0.174. The fraction of sp³-hybridized carbons (Fsp3) is 0.911. The van der Waals surface area contributed by atoms with Crippen LogP contribution < -0.4 is 10.6 Å². The number of hydrogen-bond donors (Lipinski definition) is 14. The van der Waals surface area contributed by atoms with Crippen LogP contribution in [0.3, 0.4) is 0 Å². The highest BCUT2D eigenvalue weighted by molar-refractivity contribution is 5.91. The Labute approximate surface area is 417 Å². The number of rotatable bonds is 29. The van der Waals surface area contributed by atoms with E-state index in [1.165, 1.54) is 68.7 Å². The molecule has 1 aromatic heterocycles. The molecule has 0 aromatic carbocycles. The van der Waals surface area contributed by atoms with Crippen molar-refractivity contribution in [2.24, 2.45) is 0 Å². The number of aliphatic hydroxyl groups excluding tert-OH is 12. The molecule has 0 unspecified atom stereocenters. The Hall–Kier alpha value is -2.72. The van der Waals surface area contributed by atoms with Gasteiger partial charge in [-0.3, -0.25) is 9.59 Å². The average molecular weight is 1040 g/mol. The number of carbonyl (C=O) groups excluding carboxylic acids is 2. The summed E-state index contributed by atoms with van der Waals surface area (Å²) in [5, 5.41) is 141. The van der Waals surface area contributed by atoms with Crippen LogP contribution in [0.5, 0.6) is 0 Å². The van der Waals surface area contributed by atoms with Gasteiger partial charge in [-0.15, -0.1) is 5.10 Å². The van der Waals surface area contributed by atoms with Gasteiger partial charge in [-0.2, -0.15) is 0 Å². The number of unbranched alkanes of at least 4 members (excludes halogenated alkanes) is 11. The SMILES string of the molecule is CCCCCCCCCCCCCCNC(=O)c1cn(CCO[C@@H]2O[C@H](CO)[C@@H](O[C@@H]3O[C@H](CO)[C@H](O)[C@H](O[C@@H]4O[C@H](CO)[C@@H](O[C@@H]5O[C@H](CO)[C@H](O)[C@H](O)[C@H]5O)[C@H](O)[C@H]4NC(C)=O)[C@H]3O)[C@H](O)[C@H]2O)nn1. The maximum Gasteiger partial charge on any atom is 0.273 e. The van der Waals surface area contributed by atoms with Crippen LogP contribution in [0.4, 0.5) is 0 Å². The summed E-state index contributed by atoms with van der Waals surface area (Å²) in [6, 6.07) is -1.64. The van der Waals surface area contributed by atoms with Gasteiger partial charge >= 0.3 is 0 Å². The van der Waals surface area contributed by atoms with E-state index in [2.05, 4.69) is 27.9 Å². The lowest BCUT2D eigenvalue weighted by atomic mass is 9.94. The van der Waals surface area contributed by atoms with Crippen LogP contribution in [-0.2, 0) is 49.2 Å². The van der Waals surface area contributed by atoms with Gasteiger partial charge in [-0.25, -0.2) is 4.68 Å². The van der Waals surface area contributed by atoms with E-state index in [0.29, 0.717) is 6.54 Å². The van der Waals surface area contributed by atoms with Crippen molar-refractivity contribution < 1.29 is 109 Å². The zero-order valence-corrected chi connectivity index (χ0v) is 40.9. The molecule has 0 spiro atoms.